The van der Waals surface area contributed by atoms with Crippen molar-refractivity contribution in [1.82, 2.24) is 9.80 Å². The van der Waals surface area contributed by atoms with Gasteiger partial charge in [-0.15, -0.1) is 0 Å². The Labute approximate surface area is 108 Å². The van der Waals surface area contributed by atoms with E-state index in [1.807, 2.05) is 27.8 Å². The number of hydrogen-bond donors (Lipinski definition) is 0. The summed E-state index contributed by atoms with van der Waals surface area (Å²) in [4.78, 5) is 15.4. The second-order valence-electron chi connectivity index (χ2n) is 6.37. The minimum Gasteiger partial charge on any atom is -0.444 e. The number of rotatable bonds is 2. The first kappa shape index (κ1) is 13.6. The normalized spacial score (nSPS) is 28.9. The van der Waals surface area contributed by atoms with Crippen LogP contribution in [0.2, 0.25) is 0 Å². The number of carbonyl (C=O) groups is 1. The van der Waals surface area contributed by atoms with E-state index >= 15 is 0 Å². The summed E-state index contributed by atoms with van der Waals surface area (Å²) in [7, 11) is 1.95. The first-order valence-electron chi connectivity index (χ1n) is 6.62. The van der Waals surface area contributed by atoms with Gasteiger partial charge in [-0.3, -0.25) is 4.90 Å². The molecule has 2 aliphatic rings. The third-order valence-corrected chi connectivity index (χ3v) is 3.52. The molecule has 0 aromatic carbocycles. The monoisotopic (exact) mass is 258 g/mol. The molecule has 1 saturated heterocycles. The van der Waals surface area contributed by atoms with Gasteiger partial charge in [0.25, 0.3) is 0 Å². The molecule has 1 heterocycles. The van der Waals surface area contributed by atoms with E-state index in [4.69, 9.17) is 4.74 Å². The minimum absolute atomic E-state index is 0.149. The molecule has 2 unspecified atom stereocenters. The predicted molar refractivity (Wildman–Crippen MR) is 67.3 cm³/mol. The highest BCUT2D eigenvalue weighted by Crippen LogP contribution is 2.31. The van der Waals surface area contributed by atoms with Gasteiger partial charge in [-0.25, -0.2) is 9.18 Å². The van der Waals surface area contributed by atoms with E-state index in [-0.39, 0.29) is 12.6 Å². The average Bonchev–Trinajstić information content (AvgIpc) is 2.98. The number of alkyl halides is 1. The molecule has 0 spiro atoms. The molecule has 2 fully saturated rings. The quantitative estimate of drug-likeness (QED) is 0.760. The summed E-state index contributed by atoms with van der Waals surface area (Å²) in [6, 6.07) is 0.330. The molecule has 0 N–H and O–H groups in total. The number of amides is 1. The molecule has 0 radical (unpaired) electrons. The number of likely N-dealkylation sites (tertiary alicyclic amines) is 1. The highest BCUT2D eigenvalue weighted by molar-refractivity contribution is 5.68. The topological polar surface area (TPSA) is 32.8 Å². The maximum absolute atomic E-state index is 14.0. The first-order chi connectivity index (χ1) is 8.28. The second-order valence-corrected chi connectivity index (χ2v) is 6.37. The van der Waals surface area contributed by atoms with Gasteiger partial charge in [0.15, 0.2) is 0 Å². The summed E-state index contributed by atoms with van der Waals surface area (Å²) in [5, 5.41) is 0. The van der Waals surface area contributed by atoms with Crippen LogP contribution in [0, 0.1) is 0 Å². The molecule has 104 valence electrons. The lowest BCUT2D eigenvalue weighted by Crippen LogP contribution is -2.41. The molecule has 2 atom stereocenters. The molecule has 1 saturated carbocycles. The number of likely N-dealkylation sites (N-methyl/N-ethyl adjacent to an activating group) is 1. The van der Waals surface area contributed by atoms with Gasteiger partial charge in [0.1, 0.15) is 11.8 Å². The Morgan fingerprint density at radius 1 is 1.33 bits per heavy atom. The second kappa shape index (κ2) is 4.68. The summed E-state index contributed by atoms with van der Waals surface area (Å²) >= 11 is 0. The molecule has 2 rings (SSSR count). The molecular formula is C13H23FN2O2. The van der Waals surface area contributed by atoms with Crippen molar-refractivity contribution in [3.63, 3.8) is 0 Å². The van der Waals surface area contributed by atoms with Crippen LogP contribution in [0.4, 0.5) is 9.18 Å². The Balaban J connectivity index is 1.91. The van der Waals surface area contributed by atoms with Crippen LogP contribution in [0.15, 0.2) is 0 Å². The number of halogens is 1. The van der Waals surface area contributed by atoms with Crippen LogP contribution in [-0.4, -0.2) is 59.9 Å². The van der Waals surface area contributed by atoms with Crippen molar-refractivity contribution in [2.75, 3.05) is 20.1 Å². The van der Waals surface area contributed by atoms with E-state index in [0.717, 1.165) is 12.8 Å². The third kappa shape index (κ3) is 3.13. The summed E-state index contributed by atoms with van der Waals surface area (Å²) in [5.74, 6) is 0. The lowest BCUT2D eigenvalue weighted by atomic mass is 10.2. The largest absolute Gasteiger partial charge is 0.444 e. The van der Waals surface area contributed by atoms with Gasteiger partial charge >= 0.3 is 6.09 Å². The Kier molecular flexibility index (Phi) is 3.54. The Morgan fingerprint density at radius 2 is 1.94 bits per heavy atom. The third-order valence-electron chi connectivity index (χ3n) is 3.52. The average molecular weight is 258 g/mol. The Morgan fingerprint density at radius 3 is 2.44 bits per heavy atom. The highest BCUT2D eigenvalue weighted by Gasteiger charge is 2.43. The maximum Gasteiger partial charge on any atom is 0.410 e. The van der Waals surface area contributed by atoms with Crippen LogP contribution in [0.3, 0.4) is 0 Å². The summed E-state index contributed by atoms with van der Waals surface area (Å²) in [6.07, 6.45) is 0.915. The maximum atomic E-state index is 14.0. The van der Waals surface area contributed by atoms with Gasteiger partial charge in [-0.1, -0.05) is 0 Å². The SMILES string of the molecule is CN(C1CC1)C1CN(C(=O)OC(C)(C)C)CC1F. The number of ether oxygens (including phenoxy) is 1. The van der Waals surface area contributed by atoms with Crippen molar-refractivity contribution in [2.45, 2.75) is 57.5 Å². The van der Waals surface area contributed by atoms with Gasteiger partial charge in [0.05, 0.1) is 12.6 Å². The first-order valence-corrected chi connectivity index (χ1v) is 6.62. The van der Waals surface area contributed by atoms with Crippen molar-refractivity contribution in [3.05, 3.63) is 0 Å². The van der Waals surface area contributed by atoms with Gasteiger partial charge in [0.2, 0.25) is 0 Å². The molecule has 18 heavy (non-hydrogen) atoms. The molecule has 0 bridgehead atoms. The zero-order valence-electron chi connectivity index (χ0n) is 11.6. The Hall–Kier alpha value is -0.840. The van der Waals surface area contributed by atoms with Gasteiger partial charge < -0.3 is 9.64 Å². The van der Waals surface area contributed by atoms with Crippen LogP contribution >= 0.6 is 0 Å². The van der Waals surface area contributed by atoms with Crippen molar-refractivity contribution in [2.24, 2.45) is 0 Å². The van der Waals surface area contributed by atoms with Crippen LogP contribution in [-0.2, 0) is 4.74 Å². The fourth-order valence-electron chi connectivity index (χ4n) is 2.36. The zero-order valence-corrected chi connectivity index (χ0v) is 11.6. The van der Waals surface area contributed by atoms with Crippen LogP contribution < -0.4 is 0 Å². The molecule has 0 aromatic heterocycles. The number of nitrogens with zero attached hydrogens (tertiary/aromatic N) is 2. The van der Waals surface area contributed by atoms with Crippen molar-refractivity contribution in [3.8, 4) is 0 Å². The zero-order chi connectivity index (χ0) is 13.5. The molecule has 1 aliphatic carbocycles. The van der Waals surface area contributed by atoms with Gasteiger partial charge in [-0.05, 0) is 40.7 Å². The summed E-state index contributed by atoms with van der Waals surface area (Å²) in [6.45, 7) is 6.05. The molecule has 1 aliphatic heterocycles. The molecular weight excluding hydrogens is 235 g/mol. The van der Waals surface area contributed by atoms with Crippen LogP contribution in [0.5, 0.6) is 0 Å². The standard InChI is InChI=1S/C13H23FN2O2/c1-13(2,3)18-12(17)16-7-10(14)11(8-16)15(4)9-5-6-9/h9-11H,5-8H2,1-4H3. The molecule has 0 aromatic rings. The smallest absolute Gasteiger partial charge is 0.410 e. The summed E-state index contributed by atoms with van der Waals surface area (Å²) < 4.78 is 19.3. The van der Waals surface area contributed by atoms with Gasteiger partial charge in [-0.2, -0.15) is 0 Å². The van der Waals surface area contributed by atoms with E-state index in [1.54, 1.807) is 0 Å². The fraction of sp³-hybridized carbons (Fsp3) is 0.923. The number of carbonyl (C=O) groups excluding carboxylic acids is 1. The van der Waals surface area contributed by atoms with E-state index in [0.29, 0.717) is 12.6 Å². The van der Waals surface area contributed by atoms with Gasteiger partial charge in [0, 0.05) is 12.6 Å². The lowest BCUT2D eigenvalue weighted by molar-refractivity contribution is 0.0277. The van der Waals surface area contributed by atoms with Crippen LogP contribution in [0.25, 0.3) is 0 Å². The van der Waals surface area contributed by atoms with E-state index in [2.05, 4.69) is 4.90 Å². The van der Waals surface area contributed by atoms with E-state index < -0.39 is 17.9 Å². The van der Waals surface area contributed by atoms with Crippen molar-refractivity contribution in [1.29, 1.82) is 0 Å². The summed E-state index contributed by atoms with van der Waals surface area (Å²) in [5.41, 5.74) is -0.524. The van der Waals surface area contributed by atoms with E-state index in [9.17, 15) is 9.18 Å². The van der Waals surface area contributed by atoms with Crippen LogP contribution in [0.1, 0.15) is 33.6 Å². The fourth-order valence-corrected chi connectivity index (χ4v) is 2.36. The predicted octanol–water partition coefficient (Wildman–Crippen LogP) is 2.04. The number of hydrogen-bond acceptors (Lipinski definition) is 3. The highest BCUT2D eigenvalue weighted by atomic mass is 19.1. The lowest BCUT2D eigenvalue weighted by Gasteiger charge is -2.26. The minimum atomic E-state index is -0.969. The molecule has 1 amide bonds. The molecule has 5 heteroatoms. The van der Waals surface area contributed by atoms with Crippen molar-refractivity contribution < 1.29 is 13.9 Å². The van der Waals surface area contributed by atoms with Crippen molar-refractivity contribution >= 4 is 6.09 Å². The van der Waals surface area contributed by atoms with E-state index in [1.165, 1.54) is 4.90 Å². The Bertz CT molecular complexity index is 325. The molecule has 4 nitrogen and oxygen atoms in total.